The van der Waals surface area contributed by atoms with Crippen molar-refractivity contribution in [3.05, 3.63) is 35.4 Å². The summed E-state index contributed by atoms with van der Waals surface area (Å²) < 4.78 is 4.52. The van der Waals surface area contributed by atoms with Gasteiger partial charge in [-0.05, 0) is 25.3 Å². The molecule has 1 N–H and O–H groups in total. The lowest BCUT2D eigenvalue weighted by atomic mass is 10.0. The van der Waals surface area contributed by atoms with Crippen molar-refractivity contribution in [2.45, 2.75) is 25.8 Å². The van der Waals surface area contributed by atoms with Crippen LogP contribution in [-0.4, -0.2) is 37.1 Å². The minimum absolute atomic E-state index is 0.0908. The van der Waals surface area contributed by atoms with Crippen LogP contribution in [-0.2, 0) is 9.53 Å². The third-order valence-electron chi connectivity index (χ3n) is 3.59. The summed E-state index contributed by atoms with van der Waals surface area (Å²) in [4.78, 5) is 25.0. The summed E-state index contributed by atoms with van der Waals surface area (Å²) in [5, 5.41) is 2.60. The number of aryl methyl sites for hydroxylation is 1. The van der Waals surface area contributed by atoms with E-state index in [0.717, 1.165) is 18.4 Å². The summed E-state index contributed by atoms with van der Waals surface area (Å²) in [5.41, 5.74) is 2.34. The van der Waals surface area contributed by atoms with E-state index in [1.54, 1.807) is 4.90 Å². The summed E-state index contributed by atoms with van der Waals surface area (Å²) in [6.07, 6.45) is 1.93. The van der Waals surface area contributed by atoms with Crippen LogP contribution >= 0.6 is 0 Å². The SMILES string of the molecule is COC(=O)CNC(=O)N1CCCC1c1ccc(C)cc1. The minimum atomic E-state index is -0.440. The van der Waals surface area contributed by atoms with Gasteiger partial charge in [0.05, 0.1) is 13.2 Å². The van der Waals surface area contributed by atoms with Gasteiger partial charge < -0.3 is 15.0 Å². The van der Waals surface area contributed by atoms with Crippen molar-refractivity contribution in [2.24, 2.45) is 0 Å². The zero-order valence-electron chi connectivity index (χ0n) is 11.9. The van der Waals surface area contributed by atoms with E-state index < -0.39 is 5.97 Å². The average molecular weight is 276 g/mol. The van der Waals surface area contributed by atoms with Gasteiger partial charge in [0, 0.05) is 6.54 Å². The Bertz CT molecular complexity index is 484. The Hall–Kier alpha value is -2.04. The van der Waals surface area contributed by atoms with Crippen LogP contribution in [0.25, 0.3) is 0 Å². The van der Waals surface area contributed by atoms with Crippen LogP contribution in [0.15, 0.2) is 24.3 Å². The largest absolute Gasteiger partial charge is 0.468 e. The van der Waals surface area contributed by atoms with Crippen molar-refractivity contribution in [2.75, 3.05) is 20.2 Å². The van der Waals surface area contributed by atoms with Gasteiger partial charge in [-0.3, -0.25) is 4.79 Å². The summed E-state index contributed by atoms with van der Waals surface area (Å²) >= 11 is 0. The second-order valence-electron chi connectivity index (χ2n) is 5.00. The molecule has 1 fully saturated rings. The number of hydrogen-bond acceptors (Lipinski definition) is 3. The molecule has 2 amide bonds. The van der Waals surface area contributed by atoms with Crippen LogP contribution in [0, 0.1) is 6.92 Å². The van der Waals surface area contributed by atoms with Crippen molar-refractivity contribution < 1.29 is 14.3 Å². The number of ether oxygens (including phenoxy) is 1. The fourth-order valence-electron chi connectivity index (χ4n) is 2.47. The zero-order valence-corrected chi connectivity index (χ0v) is 11.9. The Labute approximate surface area is 118 Å². The maximum Gasteiger partial charge on any atom is 0.325 e. The Morgan fingerprint density at radius 2 is 2.05 bits per heavy atom. The maximum atomic E-state index is 12.1. The molecule has 2 rings (SSSR count). The lowest BCUT2D eigenvalue weighted by molar-refractivity contribution is -0.139. The minimum Gasteiger partial charge on any atom is -0.468 e. The highest BCUT2D eigenvalue weighted by atomic mass is 16.5. The van der Waals surface area contributed by atoms with Gasteiger partial charge in [-0.2, -0.15) is 0 Å². The molecule has 0 radical (unpaired) electrons. The van der Waals surface area contributed by atoms with Gasteiger partial charge in [-0.1, -0.05) is 29.8 Å². The lowest BCUT2D eigenvalue weighted by Gasteiger charge is -2.25. The predicted octanol–water partition coefficient (Wildman–Crippen LogP) is 2.01. The van der Waals surface area contributed by atoms with Gasteiger partial charge in [0.1, 0.15) is 6.54 Å². The van der Waals surface area contributed by atoms with Gasteiger partial charge >= 0.3 is 12.0 Å². The molecule has 1 heterocycles. The molecule has 1 aromatic carbocycles. The molecule has 5 nitrogen and oxygen atoms in total. The van der Waals surface area contributed by atoms with E-state index in [2.05, 4.69) is 34.3 Å². The number of methoxy groups -OCH3 is 1. The third-order valence-corrected chi connectivity index (χ3v) is 3.59. The van der Waals surface area contributed by atoms with Crippen LogP contribution in [0.2, 0.25) is 0 Å². The molecule has 1 aromatic rings. The number of esters is 1. The highest BCUT2D eigenvalue weighted by molar-refractivity contribution is 5.81. The predicted molar refractivity (Wildman–Crippen MR) is 75.3 cm³/mol. The number of benzene rings is 1. The number of nitrogens with one attached hydrogen (secondary N) is 1. The highest BCUT2D eigenvalue weighted by Crippen LogP contribution is 2.31. The number of carbonyl (C=O) groups excluding carboxylic acids is 2. The van der Waals surface area contributed by atoms with Crippen molar-refractivity contribution >= 4 is 12.0 Å². The Balaban J connectivity index is 2.01. The van der Waals surface area contributed by atoms with E-state index >= 15 is 0 Å². The van der Waals surface area contributed by atoms with E-state index in [9.17, 15) is 9.59 Å². The first-order valence-electron chi connectivity index (χ1n) is 6.79. The average Bonchev–Trinajstić information content (AvgIpc) is 2.94. The van der Waals surface area contributed by atoms with Crippen LogP contribution in [0.4, 0.5) is 4.79 Å². The van der Waals surface area contributed by atoms with Gasteiger partial charge in [0.15, 0.2) is 0 Å². The molecule has 5 heteroatoms. The van der Waals surface area contributed by atoms with Crippen molar-refractivity contribution in [1.82, 2.24) is 10.2 Å². The van der Waals surface area contributed by atoms with Gasteiger partial charge in [0.25, 0.3) is 0 Å². The van der Waals surface area contributed by atoms with Crippen LogP contribution in [0.1, 0.15) is 30.0 Å². The fourth-order valence-corrected chi connectivity index (χ4v) is 2.47. The van der Waals surface area contributed by atoms with E-state index in [0.29, 0.717) is 6.54 Å². The topological polar surface area (TPSA) is 58.6 Å². The highest BCUT2D eigenvalue weighted by Gasteiger charge is 2.29. The van der Waals surface area contributed by atoms with Gasteiger partial charge in [-0.15, -0.1) is 0 Å². The number of urea groups is 1. The molecule has 1 atom stereocenters. The van der Waals surface area contributed by atoms with E-state index in [1.165, 1.54) is 12.7 Å². The molecular weight excluding hydrogens is 256 g/mol. The summed E-state index contributed by atoms with van der Waals surface area (Å²) in [7, 11) is 1.31. The first-order valence-corrected chi connectivity index (χ1v) is 6.79. The molecule has 0 spiro atoms. The van der Waals surface area contributed by atoms with Crippen LogP contribution in [0.3, 0.4) is 0 Å². The molecule has 20 heavy (non-hydrogen) atoms. The zero-order chi connectivity index (χ0) is 14.5. The van der Waals surface area contributed by atoms with Crippen LogP contribution in [0.5, 0.6) is 0 Å². The summed E-state index contributed by atoms with van der Waals surface area (Å²) in [5.74, 6) is -0.440. The molecule has 1 unspecified atom stereocenters. The fraction of sp³-hybridized carbons (Fsp3) is 0.467. The van der Waals surface area contributed by atoms with E-state index in [4.69, 9.17) is 0 Å². The maximum absolute atomic E-state index is 12.1. The monoisotopic (exact) mass is 276 g/mol. The van der Waals surface area contributed by atoms with Crippen molar-refractivity contribution in [1.29, 1.82) is 0 Å². The molecule has 1 aliphatic rings. The quantitative estimate of drug-likeness (QED) is 0.859. The third kappa shape index (κ3) is 3.29. The number of likely N-dealkylation sites (tertiary alicyclic amines) is 1. The van der Waals surface area contributed by atoms with E-state index in [1.807, 2.05) is 6.92 Å². The summed E-state index contributed by atoms with van der Waals surface area (Å²) in [6, 6.07) is 8.11. The Morgan fingerprint density at radius 3 is 2.70 bits per heavy atom. The molecule has 1 aliphatic heterocycles. The Kier molecular flexibility index (Phi) is 4.61. The normalized spacial score (nSPS) is 17.9. The smallest absolute Gasteiger partial charge is 0.325 e. The molecule has 108 valence electrons. The number of rotatable bonds is 3. The van der Waals surface area contributed by atoms with Crippen molar-refractivity contribution in [3.63, 3.8) is 0 Å². The number of hydrogen-bond donors (Lipinski definition) is 1. The molecular formula is C15H20N2O3. The van der Waals surface area contributed by atoms with E-state index in [-0.39, 0.29) is 18.6 Å². The standard InChI is InChI=1S/C15H20N2O3/c1-11-5-7-12(8-6-11)13-4-3-9-17(13)15(19)16-10-14(18)20-2/h5-8,13H,3-4,9-10H2,1-2H3,(H,16,19). The first-order chi connectivity index (χ1) is 9.61. The molecule has 0 aromatic heterocycles. The molecule has 1 saturated heterocycles. The van der Waals surface area contributed by atoms with Gasteiger partial charge in [-0.25, -0.2) is 4.79 Å². The van der Waals surface area contributed by atoms with Crippen LogP contribution < -0.4 is 5.32 Å². The van der Waals surface area contributed by atoms with Gasteiger partial charge in [0.2, 0.25) is 0 Å². The second kappa shape index (κ2) is 6.41. The Morgan fingerprint density at radius 1 is 1.35 bits per heavy atom. The molecule has 0 bridgehead atoms. The summed E-state index contributed by atoms with van der Waals surface area (Å²) in [6.45, 7) is 2.66. The molecule has 0 saturated carbocycles. The van der Waals surface area contributed by atoms with Crippen molar-refractivity contribution in [3.8, 4) is 0 Å². The lowest BCUT2D eigenvalue weighted by Crippen LogP contribution is -2.41. The first kappa shape index (κ1) is 14.4. The molecule has 0 aliphatic carbocycles. The number of carbonyl (C=O) groups is 2. The number of nitrogens with zero attached hydrogens (tertiary/aromatic N) is 1. The second-order valence-corrected chi connectivity index (χ2v) is 5.00. The number of amides is 2.